The van der Waals surface area contributed by atoms with Crippen LogP contribution >= 0.6 is 0 Å². The van der Waals surface area contributed by atoms with E-state index in [-0.39, 0.29) is 0 Å². The Morgan fingerprint density at radius 1 is 0.321 bits per heavy atom. The third-order valence-electron chi connectivity index (χ3n) is 10.9. The highest BCUT2D eigenvalue weighted by molar-refractivity contribution is 6.01. The van der Waals surface area contributed by atoms with Gasteiger partial charge >= 0.3 is 0 Å². The average Bonchev–Trinajstić information content (AvgIpc) is 3.58. The first-order chi connectivity index (χ1) is 27.8. The lowest BCUT2D eigenvalue weighted by Crippen LogP contribution is -2.32. The van der Waals surface area contributed by atoms with E-state index in [0.29, 0.717) is 17.5 Å². The number of hydrogen-bond donors (Lipinski definition) is 0. The molecule has 56 heavy (non-hydrogen) atoms. The fourth-order valence-electron chi connectivity index (χ4n) is 8.56. The quantitative estimate of drug-likeness (QED) is 0.176. The molecule has 9 aromatic rings. The van der Waals surface area contributed by atoms with Gasteiger partial charge in [0.1, 0.15) is 11.5 Å². The number of rotatable bonds is 5. The lowest BCUT2D eigenvalue weighted by atomic mass is 9.66. The van der Waals surface area contributed by atoms with Crippen molar-refractivity contribution in [3.8, 4) is 79.3 Å². The monoisotopic (exact) mass is 717 g/mol. The molecule has 1 spiro atoms. The second-order valence-corrected chi connectivity index (χ2v) is 14.0. The van der Waals surface area contributed by atoms with Gasteiger partial charge in [0.25, 0.3) is 0 Å². The summed E-state index contributed by atoms with van der Waals surface area (Å²) in [7, 11) is 0. The van der Waals surface area contributed by atoms with E-state index in [2.05, 4.69) is 97.1 Å². The van der Waals surface area contributed by atoms with Crippen LogP contribution in [0.4, 0.5) is 0 Å². The summed E-state index contributed by atoms with van der Waals surface area (Å²) in [6.45, 7) is 0. The van der Waals surface area contributed by atoms with Crippen molar-refractivity contribution < 1.29 is 4.74 Å². The number of fused-ring (bicyclic) bond motifs is 9. The smallest absolute Gasteiger partial charge is 0.164 e. The summed E-state index contributed by atoms with van der Waals surface area (Å²) in [5.74, 6) is 3.46. The van der Waals surface area contributed by atoms with Crippen LogP contribution in [-0.2, 0) is 5.41 Å². The molecule has 1 aliphatic carbocycles. The van der Waals surface area contributed by atoms with E-state index in [1.54, 1.807) is 0 Å². The zero-order valence-corrected chi connectivity index (χ0v) is 30.0. The summed E-state index contributed by atoms with van der Waals surface area (Å²) in [5, 5.41) is 9.64. The Hall–Kier alpha value is -7.57. The van der Waals surface area contributed by atoms with E-state index in [0.717, 1.165) is 84.1 Å². The second-order valence-electron chi connectivity index (χ2n) is 14.0. The molecule has 0 atom stereocenters. The van der Waals surface area contributed by atoms with E-state index in [1.165, 1.54) is 0 Å². The van der Waals surface area contributed by atoms with Crippen LogP contribution in [0.25, 0.3) is 67.8 Å². The summed E-state index contributed by atoms with van der Waals surface area (Å²) < 4.78 is 6.65. The van der Waals surface area contributed by atoms with Crippen molar-refractivity contribution in [2.24, 2.45) is 0 Å². The molecule has 6 heteroatoms. The van der Waals surface area contributed by atoms with E-state index >= 15 is 0 Å². The molecule has 0 fully saturated rings. The van der Waals surface area contributed by atoms with Crippen molar-refractivity contribution in [1.82, 2.24) is 25.1 Å². The van der Waals surface area contributed by atoms with Gasteiger partial charge < -0.3 is 4.74 Å². The minimum Gasteiger partial charge on any atom is -0.457 e. The summed E-state index contributed by atoms with van der Waals surface area (Å²) >= 11 is 0. The Morgan fingerprint density at radius 3 is 1.30 bits per heavy atom. The largest absolute Gasteiger partial charge is 0.457 e. The molecule has 262 valence electrons. The second kappa shape index (κ2) is 12.8. The molecular formula is C50H31N5O. The van der Waals surface area contributed by atoms with Gasteiger partial charge in [-0.1, -0.05) is 164 Å². The lowest BCUT2D eigenvalue weighted by Gasteiger charge is -2.39. The molecule has 11 rings (SSSR count). The lowest BCUT2D eigenvalue weighted by molar-refractivity contribution is 0.436. The summed E-state index contributed by atoms with van der Waals surface area (Å²) in [5.41, 5.74) is 12.1. The predicted octanol–water partition coefficient (Wildman–Crippen LogP) is 11.5. The van der Waals surface area contributed by atoms with Crippen LogP contribution in [-0.4, -0.2) is 25.1 Å². The number of para-hydroxylation sites is 2. The van der Waals surface area contributed by atoms with Crippen molar-refractivity contribution in [3.63, 3.8) is 0 Å². The highest BCUT2D eigenvalue weighted by Gasteiger charge is 2.52. The minimum atomic E-state index is -0.711. The van der Waals surface area contributed by atoms with Crippen molar-refractivity contribution in [2.75, 3.05) is 0 Å². The molecule has 0 saturated heterocycles. The molecule has 2 aromatic heterocycles. The highest BCUT2D eigenvalue weighted by atomic mass is 16.5. The topological polar surface area (TPSA) is 73.7 Å². The molecule has 0 radical (unpaired) electrons. The SMILES string of the molecule is c1ccc(-c2ccc(-c3cccc4c3-c3c(-c5nc(-c6ccccc6)nc(-c6ccccc6)n5)cccc3C43c4ccccc4Oc4ccccc43)nn2)cc1. The fourth-order valence-corrected chi connectivity index (χ4v) is 8.56. The number of nitrogens with zero attached hydrogens (tertiary/aromatic N) is 5. The maximum absolute atomic E-state index is 6.65. The molecule has 0 saturated carbocycles. The molecule has 0 amide bonds. The number of ether oxygens (including phenoxy) is 1. The number of aromatic nitrogens is 5. The summed E-state index contributed by atoms with van der Waals surface area (Å²) in [6.07, 6.45) is 0. The zero-order valence-electron chi connectivity index (χ0n) is 30.0. The molecule has 3 heterocycles. The van der Waals surface area contributed by atoms with Gasteiger partial charge in [-0.15, -0.1) is 10.2 Å². The average molecular weight is 718 g/mol. The molecule has 0 N–H and O–H groups in total. The number of benzene rings is 7. The van der Waals surface area contributed by atoms with E-state index in [9.17, 15) is 0 Å². The van der Waals surface area contributed by atoms with Gasteiger partial charge in [-0.3, -0.25) is 0 Å². The van der Waals surface area contributed by atoms with E-state index in [4.69, 9.17) is 29.9 Å². The van der Waals surface area contributed by atoms with E-state index < -0.39 is 5.41 Å². The molecule has 0 bridgehead atoms. The summed E-state index contributed by atoms with van der Waals surface area (Å²) in [6, 6.07) is 64.4. The van der Waals surface area contributed by atoms with Crippen molar-refractivity contribution in [2.45, 2.75) is 5.41 Å². The van der Waals surface area contributed by atoms with Gasteiger partial charge in [-0.05, 0) is 46.5 Å². The van der Waals surface area contributed by atoms with Crippen LogP contribution in [0.3, 0.4) is 0 Å². The first-order valence-corrected chi connectivity index (χ1v) is 18.7. The van der Waals surface area contributed by atoms with Crippen LogP contribution in [0.2, 0.25) is 0 Å². The van der Waals surface area contributed by atoms with Crippen LogP contribution in [0.15, 0.2) is 188 Å². The van der Waals surface area contributed by atoms with Crippen LogP contribution in [0, 0.1) is 0 Å². The molecule has 6 nitrogen and oxygen atoms in total. The minimum absolute atomic E-state index is 0.589. The van der Waals surface area contributed by atoms with Gasteiger partial charge in [0.15, 0.2) is 17.5 Å². The Balaban J connectivity index is 1.23. The Bertz CT molecular complexity index is 2830. The number of hydrogen-bond acceptors (Lipinski definition) is 6. The molecule has 0 unspecified atom stereocenters. The van der Waals surface area contributed by atoms with Crippen molar-refractivity contribution >= 4 is 0 Å². The molecule has 7 aromatic carbocycles. The molecule has 1 aliphatic heterocycles. The normalized spacial score (nSPS) is 12.9. The van der Waals surface area contributed by atoms with Crippen LogP contribution < -0.4 is 4.74 Å². The Kier molecular flexibility index (Phi) is 7.29. The molecule has 2 aliphatic rings. The summed E-state index contributed by atoms with van der Waals surface area (Å²) in [4.78, 5) is 15.5. The van der Waals surface area contributed by atoms with Gasteiger partial charge in [-0.2, -0.15) is 0 Å². The maximum atomic E-state index is 6.65. The van der Waals surface area contributed by atoms with Gasteiger partial charge in [-0.25, -0.2) is 15.0 Å². The van der Waals surface area contributed by atoms with Crippen LogP contribution in [0.1, 0.15) is 22.3 Å². The van der Waals surface area contributed by atoms with Gasteiger partial charge in [0, 0.05) is 38.9 Å². The first-order valence-electron chi connectivity index (χ1n) is 18.7. The van der Waals surface area contributed by atoms with Crippen LogP contribution in [0.5, 0.6) is 11.5 Å². The standard InChI is InChI=1S/C50H31N5O/c1-4-16-32(17-5-1)41-30-31-42(55-54-41)35-22-14-26-39-45(35)46-36(49-52-47(33-18-6-2-7-19-33)51-48(53-49)34-20-8-3-9-21-34)23-15-27-40(46)50(39)37-24-10-12-28-43(37)56-44-29-13-11-25-38(44)50/h1-31H. The third-order valence-corrected chi connectivity index (χ3v) is 10.9. The Morgan fingerprint density at radius 2 is 0.750 bits per heavy atom. The maximum Gasteiger partial charge on any atom is 0.164 e. The van der Waals surface area contributed by atoms with Crippen molar-refractivity contribution in [3.05, 3.63) is 210 Å². The fraction of sp³-hybridized carbons (Fsp3) is 0.0200. The third kappa shape index (κ3) is 4.86. The first kappa shape index (κ1) is 31.9. The van der Waals surface area contributed by atoms with Gasteiger partial charge in [0.05, 0.1) is 16.8 Å². The zero-order chi connectivity index (χ0) is 37.1. The highest BCUT2D eigenvalue weighted by Crippen LogP contribution is 2.64. The van der Waals surface area contributed by atoms with E-state index in [1.807, 2.05) is 91.0 Å². The van der Waals surface area contributed by atoms with Crippen molar-refractivity contribution in [1.29, 1.82) is 0 Å². The van der Waals surface area contributed by atoms with Gasteiger partial charge in [0.2, 0.25) is 0 Å². The molecular weight excluding hydrogens is 687 g/mol. The Labute approximate surface area is 323 Å². The predicted molar refractivity (Wildman–Crippen MR) is 220 cm³/mol.